The minimum atomic E-state index is -0.343. The van der Waals surface area contributed by atoms with Gasteiger partial charge in [0.05, 0.1) is 12.5 Å². The molecule has 1 fully saturated rings. The molecule has 1 atom stereocenters. The van der Waals surface area contributed by atoms with E-state index in [0.29, 0.717) is 0 Å². The van der Waals surface area contributed by atoms with Crippen LogP contribution in [0.1, 0.15) is 40.0 Å². The van der Waals surface area contributed by atoms with Gasteiger partial charge in [0.1, 0.15) is 0 Å². The Kier molecular flexibility index (Phi) is 3.26. The topological polar surface area (TPSA) is 58.2 Å². The molecule has 1 unspecified atom stereocenters. The maximum atomic E-state index is 11.3. The molecule has 4 nitrogen and oxygen atoms in total. The number of nitrogens with one attached hydrogen (secondary N) is 2. The average molecular weight is 198 g/mol. The second kappa shape index (κ2) is 4.09. The predicted molar refractivity (Wildman–Crippen MR) is 53.7 cm³/mol. The van der Waals surface area contributed by atoms with Gasteiger partial charge in [0, 0.05) is 5.54 Å². The molecule has 1 rings (SSSR count). The monoisotopic (exact) mass is 198 g/mol. The van der Waals surface area contributed by atoms with E-state index in [1.54, 1.807) is 0 Å². The smallest absolute Gasteiger partial charge is 0.244 e. The van der Waals surface area contributed by atoms with E-state index in [0.717, 1.165) is 12.8 Å². The van der Waals surface area contributed by atoms with Crippen molar-refractivity contribution in [2.45, 2.75) is 51.6 Å². The van der Waals surface area contributed by atoms with E-state index in [4.69, 9.17) is 0 Å². The highest BCUT2D eigenvalue weighted by Crippen LogP contribution is 2.14. The lowest BCUT2D eigenvalue weighted by atomic mass is 9.97. The highest BCUT2D eigenvalue weighted by atomic mass is 16.2. The lowest BCUT2D eigenvalue weighted by Crippen LogP contribution is -2.48. The zero-order valence-corrected chi connectivity index (χ0v) is 9.02. The number of carbonyl (C=O) groups excluding carboxylic acids is 2. The van der Waals surface area contributed by atoms with Crippen LogP contribution in [0.25, 0.3) is 0 Å². The van der Waals surface area contributed by atoms with Crippen molar-refractivity contribution in [3.05, 3.63) is 0 Å². The molecule has 0 aromatic rings. The van der Waals surface area contributed by atoms with Crippen molar-refractivity contribution in [2.24, 2.45) is 0 Å². The van der Waals surface area contributed by atoms with Crippen molar-refractivity contribution >= 4 is 11.8 Å². The highest BCUT2D eigenvalue weighted by molar-refractivity contribution is 6.05. The number of imide groups is 1. The van der Waals surface area contributed by atoms with Crippen LogP contribution in [0.4, 0.5) is 0 Å². The van der Waals surface area contributed by atoms with Gasteiger partial charge in [-0.3, -0.25) is 14.9 Å². The standard InChI is InChI=1S/C10H18N2O2/c1-4-5-10(2,3)12-7-6-8(13)11-9(7)14/h7,12H,4-6H2,1-3H3,(H,11,13,14). The van der Waals surface area contributed by atoms with E-state index >= 15 is 0 Å². The summed E-state index contributed by atoms with van der Waals surface area (Å²) >= 11 is 0. The van der Waals surface area contributed by atoms with Crippen LogP contribution in [0.5, 0.6) is 0 Å². The molecule has 1 saturated heterocycles. The average Bonchev–Trinajstić information content (AvgIpc) is 2.28. The van der Waals surface area contributed by atoms with Gasteiger partial charge in [-0.1, -0.05) is 13.3 Å². The zero-order chi connectivity index (χ0) is 10.8. The molecule has 1 aliphatic heterocycles. The van der Waals surface area contributed by atoms with Crippen LogP contribution in [0.3, 0.4) is 0 Å². The molecule has 2 N–H and O–H groups in total. The van der Waals surface area contributed by atoms with Crippen LogP contribution in [0, 0.1) is 0 Å². The second-order valence-electron chi connectivity index (χ2n) is 4.45. The Morgan fingerprint density at radius 1 is 1.50 bits per heavy atom. The van der Waals surface area contributed by atoms with Crippen LogP contribution >= 0.6 is 0 Å². The fourth-order valence-corrected chi connectivity index (χ4v) is 1.84. The van der Waals surface area contributed by atoms with Gasteiger partial charge in [0.15, 0.2) is 0 Å². The number of amides is 2. The fourth-order valence-electron chi connectivity index (χ4n) is 1.84. The molecule has 0 radical (unpaired) electrons. The zero-order valence-electron chi connectivity index (χ0n) is 9.02. The summed E-state index contributed by atoms with van der Waals surface area (Å²) in [5.41, 5.74) is -0.0820. The summed E-state index contributed by atoms with van der Waals surface area (Å²) in [5, 5.41) is 5.49. The summed E-state index contributed by atoms with van der Waals surface area (Å²) in [6, 6.07) is -0.343. The van der Waals surface area contributed by atoms with Crippen LogP contribution in [-0.4, -0.2) is 23.4 Å². The van der Waals surface area contributed by atoms with Gasteiger partial charge in [-0.25, -0.2) is 0 Å². The molecule has 0 aliphatic carbocycles. The molecule has 4 heteroatoms. The molecule has 1 heterocycles. The van der Waals surface area contributed by atoms with E-state index in [1.165, 1.54) is 0 Å². The quantitative estimate of drug-likeness (QED) is 0.649. The largest absolute Gasteiger partial charge is 0.300 e. The molecule has 2 amide bonds. The first-order valence-corrected chi connectivity index (χ1v) is 5.06. The molecule has 1 aliphatic rings. The maximum absolute atomic E-state index is 11.3. The molecular formula is C10H18N2O2. The van der Waals surface area contributed by atoms with E-state index in [1.807, 2.05) is 13.8 Å². The lowest BCUT2D eigenvalue weighted by molar-refractivity contribution is -0.125. The Hall–Kier alpha value is -0.900. The molecular weight excluding hydrogens is 180 g/mol. The van der Waals surface area contributed by atoms with Crippen molar-refractivity contribution in [1.82, 2.24) is 10.6 Å². The van der Waals surface area contributed by atoms with Gasteiger partial charge < -0.3 is 5.32 Å². The summed E-state index contributed by atoms with van der Waals surface area (Å²) in [5.74, 6) is -0.376. The first-order valence-electron chi connectivity index (χ1n) is 5.06. The third-order valence-corrected chi connectivity index (χ3v) is 2.41. The third-order valence-electron chi connectivity index (χ3n) is 2.41. The SMILES string of the molecule is CCCC(C)(C)NC1CC(=O)NC1=O. The number of hydrogen-bond acceptors (Lipinski definition) is 3. The number of rotatable bonds is 4. The van der Waals surface area contributed by atoms with Crippen LogP contribution in [0.2, 0.25) is 0 Å². The van der Waals surface area contributed by atoms with Crippen LogP contribution in [0.15, 0.2) is 0 Å². The minimum absolute atomic E-state index is 0.0820. The first-order chi connectivity index (χ1) is 6.44. The Morgan fingerprint density at radius 2 is 2.14 bits per heavy atom. The normalized spacial score (nSPS) is 22.6. The van der Waals surface area contributed by atoms with Crippen LogP contribution in [-0.2, 0) is 9.59 Å². The van der Waals surface area contributed by atoms with Gasteiger partial charge >= 0.3 is 0 Å². The van der Waals surface area contributed by atoms with Crippen molar-refractivity contribution in [3.8, 4) is 0 Å². The Balaban J connectivity index is 2.51. The molecule has 14 heavy (non-hydrogen) atoms. The molecule has 0 bridgehead atoms. The summed E-state index contributed by atoms with van der Waals surface area (Å²) in [7, 11) is 0. The first kappa shape index (κ1) is 11.2. The molecule has 0 spiro atoms. The second-order valence-corrected chi connectivity index (χ2v) is 4.45. The van der Waals surface area contributed by atoms with E-state index in [2.05, 4.69) is 17.6 Å². The van der Waals surface area contributed by atoms with Gasteiger partial charge in [0.25, 0.3) is 0 Å². The highest BCUT2D eigenvalue weighted by Gasteiger charge is 2.33. The summed E-state index contributed by atoms with van der Waals surface area (Å²) in [6.45, 7) is 6.20. The lowest BCUT2D eigenvalue weighted by Gasteiger charge is -2.28. The van der Waals surface area contributed by atoms with Gasteiger partial charge in [-0.05, 0) is 20.3 Å². The Labute approximate surface area is 84.4 Å². The summed E-state index contributed by atoms with van der Waals surface area (Å²) in [6.07, 6.45) is 2.32. The van der Waals surface area contributed by atoms with Crippen molar-refractivity contribution < 1.29 is 9.59 Å². The third kappa shape index (κ3) is 2.80. The number of carbonyl (C=O) groups is 2. The van der Waals surface area contributed by atoms with Gasteiger partial charge in [-0.2, -0.15) is 0 Å². The molecule has 0 aromatic heterocycles. The van der Waals surface area contributed by atoms with Gasteiger partial charge in [0.2, 0.25) is 11.8 Å². The van der Waals surface area contributed by atoms with Crippen molar-refractivity contribution in [3.63, 3.8) is 0 Å². The fraction of sp³-hybridized carbons (Fsp3) is 0.800. The number of hydrogen-bond donors (Lipinski definition) is 2. The molecule has 0 saturated carbocycles. The van der Waals surface area contributed by atoms with E-state index in [-0.39, 0.29) is 29.8 Å². The molecule has 80 valence electrons. The minimum Gasteiger partial charge on any atom is -0.300 e. The summed E-state index contributed by atoms with van der Waals surface area (Å²) in [4.78, 5) is 22.2. The van der Waals surface area contributed by atoms with Crippen molar-refractivity contribution in [1.29, 1.82) is 0 Å². The van der Waals surface area contributed by atoms with Gasteiger partial charge in [-0.15, -0.1) is 0 Å². The predicted octanol–water partition coefficient (Wildman–Crippen LogP) is 0.570. The maximum Gasteiger partial charge on any atom is 0.244 e. The van der Waals surface area contributed by atoms with Crippen LogP contribution < -0.4 is 10.6 Å². The van der Waals surface area contributed by atoms with E-state index < -0.39 is 0 Å². The molecule has 0 aromatic carbocycles. The van der Waals surface area contributed by atoms with Crippen molar-refractivity contribution in [2.75, 3.05) is 0 Å². The summed E-state index contributed by atoms with van der Waals surface area (Å²) < 4.78 is 0. The van der Waals surface area contributed by atoms with E-state index in [9.17, 15) is 9.59 Å². The Morgan fingerprint density at radius 3 is 2.57 bits per heavy atom. The Bertz CT molecular complexity index is 249.